The van der Waals surface area contributed by atoms with Crippen LogP contribution in [0.15, 0.2) is 28.7 Å². The van der Waals surface area contributed by atoms with Gasteiger partial charge < -0.3 is 5.73 Å². The topological polar surface area (TPSA) is 43.8 Å². The number of hydrogen-bond acceptors (Lipinski definition) is 2. The average Bonchev–Trinajstić information content (AvgIpc) is 2.57. The molecule has 0 amide bonds. The molecule has 90 valence electrons. The van der Waals surface area contributed by atoms with Crippen LogP contribution in [-0.4, -0.2) is 9.78 Å². The highest BCUT2D eigenvalue weighted by molar-refractivity contribution is 9.10. The summed E-state index contributed by atoms with van der Waals surface area (Å²) in [6.07, 6.45) is 0. The van der Waals surface area contributed by atoms with E-state index in [0.717, 1.165) is 28.0 Å². The average molecular weight is 294 g/mol. The Morgan fingerprint density at radius 1 is 1.29 bits per heavy atom. The summed E-state index contributed by atoms with van der Waals surface area (Å²) >= 11 is 3.55. The molecule has 0 bridgehead atoms. The molecule has 1 aromatic carbocycles. The van der Waals surface area contributed by atoms with Crippen molar-refractivity contribution in [1.82, 2.24) is 9.78 Å². The van der Waals surface area contributed by atoms with Gasteiger partial charge in [-0.25, -0.2) is 0 Å². The fraction of sp³-hybridized carbons (Fsp3) is 0.308. The van der Waals surface area contributed by atoms with Gasteiger partial charge in [-0.2, -0.15) is 5.10 Å². The van der Waals surface area contributed by atoms with Gasteiger partial charge in [-0.05, 0) is 25.5 Å². The molecular weight excluding hydrogens is 278 g/mol. The maximum atomic E-state index is 5.73. The van der Waals surface area contributed by atoms with Gasteiger partial charge in [-0.1, -0.05) is 34.1 Å². The second kappa shape index (κ2) is 5.02. The van der Waals surface area contributed by atoms with Crippen LogP contribution in [0.1, 0.15) is 22.5 Å². The van der Waals surface area contributed by atoms with E-state index in [2.05, 4.69) is 34.0 Å². The Balaban J connectivity index is 2.34. The Morgan fingerprint density at radius 2 is 2.00 bits per heavy atom. The van der Waals surface area contributed by atoms with E-state index in [1.165, 1.54) is 5.56 Å². The van der Waals surface area contributed by atoms with E-state index in [-0.39, 0.29) is 0 Å². The maximum absolute atomic E-state index is 5.73. The van der Waals surface area contributed by atoms with Gasteiger partial charge in [-0.15, -0.1) is 0 Å². The van der Waals surface area contributed by atoms with Crippen LogP contribution >= 0.6 is 15.9 Å². The Hall–Kier alpha value is -1.13. The van der Waals surface area contributed by atoms with Gasteiger partial charge in [-0.3, -0.25) is 4.68 Å². The number of aryl methyl sites for hydroxylation is 1. The molecule has 0 unspecified atom stereocenters. The fourth-order valence-corrected chi connectivity index (χ4v) is 2.38. The number of aromatic nitrogens is 2. The highest BCUT2D eigenvalue weighted by atomic mass is 79.9. The minimum Gasteiger partial charge on any atom is -0.326 e. The Morgan fingerprint density at radius 3 is 2.59 bits per heavy atom. The van der Waals surface area contributed by atoms with Gasteiger partial charge in [0.05, 0.1) is 12.2 Å². The quantitative estimate of drug-likeness (QED) is 0.946. The predicted molar refractivity (Wildman–Crippen MR) is 72.8 cm³/mol. The molecule has 0 spiro atoms. The van der Waals surface area contributed by atoms with E-state index in [1.54, 1.807) is 0 Å². The van der Waals surface area contributed by atoms with Crippen molar-refractivity contribution in [3.63, 3.8) is 0 Å². The first kappa shape index (κ1) is 12.3. The lowest BCUT2D eigenvalue weighted by atomic mass is 10.2. The van der Waals surface area contributed by atoms with E-state index in [0.29, 0.717) is 6.54 Å². The van der Waals surface area contributed by atoms with E-state index in [9.17, 15) is 0 Å². The van der Waals surface area contributed by atoms with Gasteiger partial charge in [0, 0.05) is 22.3 Å². The molecule has 0 atom stereocenters. The molecule has 0 aliphatic heterocycles. The zero-order valence-corrected chi connectivity index (χ0v) is 11.7. The van der Waals surface area contributed by atoms with Crippen LogP contribution in [0, 0.1) is 13.8 Å². The third-order valence-electron chi connectivity index (χ3n) is 3.01. The number of halogens is 1. The van der Waals surface area contributed by atoms with Crippen molar-refractivity contribution in [3.05, 3.63) is 51.3 Å². The summed E-state index contributed by atoms with van der Waals surface area (Å²) in [6, 6.07) is 8.20. The highest BCUT2D eigenvalue weighted by Gasteiger charge is 2.10. The maximum Gasteiger partial charge on any atom is 0.0673 e. The monoisotopic (exact) mass is 293 g/mol. The van der Waals surface area contributed by atoms with Gasteiger partial charge in [0.1, 0.15) is 0 Å². The normalized spacial score (nSPS) is 10.8. The Bertz CT molecular complexity index is 531. The summed E-state index contributed by atoms with van der Waals surface area (Å²) in [5.41, 5.74) is 10.3. The molecule has 2 N–H and O–H groups in total. The SMILES string of the molecule is Cc1nn(Cc2ccccc2Br)c(C)c1CN. The van der Waals surface area contributed by atoms with Crippen molar-refractivity contribution < 1.29 is 0 Å². The first-order valence-corrected chi connectivity index (χ1v) is 6.39. The van der Waals surface area contributed by atoms with E-state index in [1.807, 2.05) is 29.8 Å². The standard InChI is InChI=1S/C13H16BrN3/c1-9-12(7-15)10(2)17(16-9)8-11-5-3-4-6-13(11)14/h3-6H,7-8,15H2,1-2H3. The molecule has 0 saturated heterocycles. The van der Waals surface area contributed by atoms with Crippen molar-refractivity contribution in [3.8, 4) is 0 Å². The van der Waals surface area contributed by atoms with Crippen molar-refractivity contribution in [1.29, 1.82) is 0 Å². The second-order valence-corrected chi connectivity index (χ2v) is 4.96. The zero-order chi connectivity index (χ0) is 12.4. The molecule has 3 nitrogen and oxygen atoms in total. The van der Waals surface area contributed by atoms with Crippen LogP contribution in [0.3, 0.4) is 0 Å². The molecule has 0 aliphatic carbocycles. The lowest BCUT2D eigenvalue weighted by Crippen LogP contribution is -2.05. The number of rotatable bonds is 3. The molecule has 1 heterocycles. The Labute approximate surface area is 110 Å². The van der Waals surface area contributed by atoms with Gasteiger partial charge >= 0.3 is 0 Å². The van der Waals surface area contributed by atoms with Crippen LogP contribution in [0.2, 0.25) is 0 Å². The summed E-state index contributed by atoms with van der Waals surface area (Å²) in [5.74, 6) is 0. The van der Waals surface area contributed by atoms with E-state index in [4.69, 9.17) is 5.73 Å². The summed E-state index contributed by atoms with van der Waals surface area (Å²) < 4.78 is 3.12. The minimum atomic E-state index is 0.549. The van der Waals surface area contributed by atoms with Crippen LogP contribution < -0.4 is 5.73 Å². The molecule has 2 rings (SSSR count). The molecule has 0 fully saturated rings. The van der Waals surface area contributed by atoms with Crippen LogP contribution in [0.25, 0.3) is 0 Å². The number of benzene rings is 1. The fourth-order valence-electron chi connectivity index (χ4n) is 1.97. The largest absolute Gasteiger partial charge is 0.326 e. The molecule has 1 aromatic heterocycles. The zero-order valence-electron chi connectivity index (χ0n) is 10.1. The minimum absolute atomic E-state index is 0.549. The number of nitrogens with zero attached hydrogens (tertiary/aromatic N) is 2. The smallest absolute Gasteiger partial charge is 0.0673 e. The molecule has 4 heteroatoms. The third-order valence-corrected chi connectivity index (χ3v) is 3.79. The highest BCUT2D eigenvalue weighted by Crippen LogP contribution is 2.19. The number of nitrogens with two attached hydrogens (primary N) is 1. The molecule has 2 aromatic rings. The first-order chi connectivity index (χ1) is 8.13. The second-order valence-electron chi connectivity index (χ2n) is 4.10. The van der Waals surface area contributed by atoms with Crippen LogP contribution in [0.4, 0.5) is 0 Å². The van der Waals surface area contributed by atoms with E-state index >= 15 is 0 Å². The summed E-state index contributed by atoms with van der Waals surface area (Å²) in [7, 11) is 0. The molecule has 0 saturated carbocycles. The van der Waals surface area contributed by atoms with Crippen LogP contribution in [0.5, 0.6) is 0 Å². The third kappa shape index (κ3) is 2.42. The van der Waals surface area contributed by atoms with Gasteiger partial charge in [0.25, 0.3) is 0 Å². The lowest BCUT2D eigenvalue weighted by molar-refractivity contribution is 0.656. The molecule has 0 aliphatic rings. The van der Waals surface area contributed by atoms with Gasteiger partial charge in [0.15, 0.2) is 0 Å². The van der Waals surface area contributed by atoms with Crippen molar-refractivity contribution >= 4 is 15.9 Å². The van der Waals surface area contributed by atoms with Crippen molar-refractivity contribution in [2.75, 3.05) is 0 Å². The van der Waals surface area contributed by atoms with Crippen molar-refractivity contribution in [2.45, 2.75) is 26.9 Å². The molecule has 0 radical (unpaired) electrons. The first-order valence-electron chi connectivity index (χ1n) is 5.60. The summed E-state index contributed by atoms with van der Waals surface area (Å²) in [6.45, 7) is 5.40. The van der Waals surface area contributed by atoms with E-state index < -0.39 is 0 Å². The number of hydrogen-bond donors (Lipinski definition) is 1. The predicted octanol–water partition coefficient (Wildman–Crippen LogP) is 2.77. The Kier molecular flexibility index (Phi) is 3.64. The molecule has 17 heavy (non-hydrogen) atoms. The summed E-state index contributed by atoms with van der Waals surface area (Å²) in [5, 5.41) is 4.53. The van der Waals surface area contributed by atoms with Crippen LogP contribution in [-0.2, 0) is 13.1 Å². The molecular formula is C13H16BrN3. The summed E-state index contributed by atoms with van der Waals surface area (Å²) in [4.78, 5) is 0. The van der Waals surface area contributed by atoms with Gasteiger partial charge in [0.2, 0.25) is 0 Å². The lowest BCUT2D eigenvalue weighted by Gasteiger charge is -2.07. The van der Waals surface area contributed by atoms with Crippen molar-refractivity contribution in [2.24, 2.45) is 5.73 Å².